The summed E-state index contributed by atoms with van der Waals surface area (Å²) in [4.78, 5) is 13.6. The summed E-state index contributed by atoms with van der Waals surface area (Å²) in [6, 6.07) is 5.42. The number of aromatic nitrogens is 4. The van der Waals surface area contributed by atoms with Crippen molar-refractivity contribution in [2.75, 3.05) is 0 Å². The van der Waals surface area contributed by atoms with Gasteiger partial charge in [-0.3, -0.25) is 9.55 Å². The molecule has 0 aliphatic carbocycles. The number of fused-ring (bicyclic) bond motifs is 1. The number of aromatic amines is 1. The van der Waals surface area contributed by atoms with E-state index in [1.165, 1.54) is 0 Å². The van der Waals surface area contributed by atoms with E-state index in [4.69, 9.17) is 4.42 Å². The van der Waals surface area contributed by atoms with Crippen LogP contribution in [0.2, 0.25) is 0 Å². The van der Waals surface area contributed by atoms with Crippen LogP contribution in [0.3, 0.4) is 0 Å². The molecule has 3 aromatic rings. The van der Waals surface area contributed by atoms with Gasteiger partial charge in [0.05, 0.1) is 11.2 Å². The Hall–Kier alpha value is -2.37. The van der Waals surface area contributed by atoms with E-state index in [1.54, 1.807) is 23.3 Å². The molecule has 1 N–H and O–H groups in total. The maximum atomic E-state index is 11.0. The van der Waals surface area contributed by atoms with Crippen LogP contribution in [0.4, 0.5) is 0 Å². The minimum absolute atomic E-state index is 0.467. The van der Waals surface area contributed by atoms with Crippen LogP contribution in [0.1, 0.15) is 0 Å². The molecule has 0 saturated carbocycles. The fraction of sp³-hybridized carbons (Fsp3) is 0. The van der Waals surface area contributed by atoms with Gasteiger partial charge in [-0.25, -0.2) is 4.79 Å². The smallest absolute Gasteiger partial charge is 0.406 e. The minimum Gasteiger partial charge on any atom is -0.406 e. The van der Waals surface area contributed by atoms with Gasteiger partial charge in [0.2, 0.25) is 0 Å². The summed E-state index contributed by atoms with van der Waals surface area (Å²) in [6.45, 7) is 0. The van der Waals surface area contributed by atoms with Gasteiger partial charge in [0.1, 0.15) is 12.7 Å². The van der Waals surface area contributed by atoms with Gasteiger partial charge < -0.3 is 4.42 Å². The topological polar surface area (TPSA) is 76.7 Å². The summed E-state index contributed by atoms with van der Waals surface area (Å²) >= 11 is 0. The van der Waals surface area contributed by atoms with Gasteiger partial charge in [-0.2, -0.15) is 0 Å². The first kappa shape index (κ1) is 7.98. The monoisotopic (exact) mass is 202 g/mol. The Labute approximate surface area is 83.2 Å². The van der Waals surface area contributed by atoms with Gasteiger partial charge in [-0.05, 0) is 12.1 Å². The van der Waals surface area contributed by atoms with Crippen molar-refractivity contribution < 1.29 is 4.42 Å². The first-order chi connectivity index (χ1) is 7.34. The van der Waals surface area contributed by atoms with Gasteiger partial charge in [-0.15, -0.1) is 10.2 Å². The predicted octanol–water partition coefficient (Wildman–Crippen LogP) is 0.702. The molecule has 1 aromatic carbocycles. The van der Waals surface area contributed by atoms with E-state index in [1.807, 2.05) is 12.1 Å². The van der Waals surface area contributed by atoms with Crippen LogP contribution in [0.25, 0.3) is 16.8 Å². The number of benzene rings is 1. The fourth-order valence-corrected chi connectivity index (χ4v) is 1.49. The maximum absolute atomic E-state index is 11.0. The largest absolute Gasteiger partial charge is 0.417 e. The summed E-state index contributed by atoms with van der Waals surface area (Å²) < 4.78 is 6.72. The number of hydrogen-bond donors (Lipinski definition) is 1. The summed E-state index contributed by atoms with van der Waals surface area (Å²) in [6.07, 6.45) is 3.09. The molecule has 0 radical (unpaired) electrons. The van der Waals surface area contributed by atoms with Crippen LogP contribution < -0.4 is 5.76 Å². The summed E-state index contributed by atoms with van der Waals surface area (Å²) in [5.41, 5.74) is 1.89. The molecular formula is C9H6N4O2. The van der Waals surface area contributed by atoms with Crippen molar-refractivity contribution in [1.82, 2.24) is 19.7 Å². The Morgan fingerprint density at radius 2 is 2.07 bits per heavy atom. The zero-order valence-corrected chi connectivity index (χ0v) is 7.54. The van der Waals surface area contributed by atoms with Gasteiger partial charge >= 0.3 is 5.76 Å². The summed E-state index contributed by atoms with van der Waals surface area (Å²) in [7, 11) is 0. The van der Waals surface area contributed by atoms with Crippen molar-refractivity contribution in [3.8, 4) is 5.69 Å². The normalized spacial score (nSPS) is 10.9. The third-order valence-electron chi connectivity index (χ3n) is 2.12. The van der Waals surface area contributed by atoms with E-state index in [0.717, 1.165) is 5.69 Å². The third-order valence-corrected chi connectivity index (χ3v) is 2.12. The second-order valence-corrected chi connectivity index (χ2v) is 3.04. The zero-order chi connectivity index (χ0) is 10.3. The van der Waals surface area contributed by atoms with Gasteiger partial charge in [-0.1, -0.05) is 6.07 Å². The third kappa shape index (κ3) is 1.15. The lowest BCUT2D eigenvalue weighted by atomic mass is 10.3. The first-order valence-electron chi connectivity index (χ1n) is 4.31. The Morgan fingerprint density at radius 1 is 1.27 bits per heavy atom. The molecule has 0 amide bonds. The minimum atomic E-state index is -0.467. The second kappa shape index (κ2) is 2.81. The zero-order valence-electron chi connectivity index (χ0n) is 7.54. The number of rotatable bonds is 1. The Bertz CT molecular complexity index is 650. The van der Waals surface area contributed by atoms with Crippen LogP contribution in [0.5, 0.6) is 0 Å². The van der Waals surface area contributed by atoms with Crippen molar-refractivity contribution in [3.05, 3.63) is 41.4 Å². The van der Waals surface area contributed by atoms with Crippen molar-refractivity contribution in [2.24, 2.45) is 0 Å². The summed E-state index contributed by atoms with van der Waals surface area (Å²) in [5, 5.41) is 7.39. The Morgan fingerprint density at radius 3 is 2.87 bits per heavy atom. The van der Waals surface area contributed by atoms with Gasteiger partial charge in [0.25, 0.3) is 0 Å². The maximum Gasteiger partial charge on any atom is 0.417 e. The van der Waals surface area contributed by atoms with Crippen molar-refractivity contribution >= 4 is 11.1 Å². The van der Waals surface area contributed by atoms with Crippen LogP contribution in [-0.4, -0.2) is 19.7 Å². The highest BCUT2D eigenvalue weighted by molar-refractivity contribution is 5.81. The fourth-order valence-electron chi connectivity index (χ4n) is 1.49. The predicted molar refractivity (Wildman–Crippen MR) is 51.8 cm³/mol. The Kier molecular flexibility index (Phi) is 1.49. The van der Waals surface area contributed by atoms with E-state index < -0.39 is 5.76 Å². The van der Waals surface area contributed by atoms with Crippen LogP contribution in [0, 0.1) is 0 Å². The molecule has 0 atom stereocenters. The molecule has 15 heavy (non-hydrogen) atoms. The second-order valence-electron chi connectivity index (χ2n) is 3.04. The molecule has 0 aliphatic rings. The molecule has 2 heterocycles. The van der Waals surface area contributed by atoms with E-state index >= 15 is 0 Å². The highest BCUT2D eigenvalue weighted by Crippen LogP contribution is 2.18. The van der Waals surface area contributed by atoms with E-state index in [0.29, 0.717) is 11.1 Å². The lowest BCUT2D eigenvalue weighted by Gasteiger charge is -1.99. The average Bonchev–Trinajstić information content (AvgIpc) is 2.82. The first-order valence-corrected chi connectivity index (χ1v) is 4.31. The number of nitrogens with one attached hydrogen (secondary N) is 1. The molecule has 6 heteroatoms. The number of H-pyrrole nitrogens is 1. The molecule has 0 saturated heterocycles. The molecular weight excluding hydrogens is 196 g/mol. The molecule has 2 aromatic heterocycles. The summed E-state index contributed by atoms with van der Waals surface area (Å²) in [5.74, 6) is -0.467. The highest BCUT2D eigenvalue weighted by Gasteiger charge is 2.07. The van der Waals surface area contributed by atoms with Gasteiger partial charge in [0, 0.05) is 0 Å². The number of para-hydroxylation sites is 1. The molecule has 0 unspecified atom stereocenters. The molecule has 3 rings (SSSR count). The Balaban J connectivity index is 2.40. The lowest BCUT2D eigenvalue weighted by Crippen LogP contribution is -1.92. The van der Waals surface area contributed by atoms with E-state index in [2.05, 4.69) is 15.2 Å². The highest BCUT2D eigenvalue weighted by atomic mass is 16.4. The standard InChI is InChI=1S/C9H6N4O2/c14-9-12-6-2-1-3-7(8(6)15-9)13-4-10-11-5-13/h1-5H,(H,12,14). The van der Waals surface area contributed by atoms with Crippen LogP contribution >= 0.6 is 0 Å². The van der Waals surface area contributed by atoms with Crippen LogP contribution in [-0.2, 0) is 0 Å². The van der Waals surface area contributed by atoms with E-state index in [-0.39, 0.29) is 0 Å². The molecule has 0 spiro atoms. The van der Waals surface area contributed by atoms with Crippen LogP contribution in [0.15, 0.2) is 40.1 Å². The SMILES string of the molecule is O=c1[nH]c2cccc(-n3cnnc3)c2o1. The number of oxazole rings is 1. The van der Waals surface area contributed by atoms with Crippen molar-refractivity contribution in [2.45, 2.75) is 0 Å². The average molecular weight is 202 g/mol. The van der Waals surface area contributed by atoms with E-state index in [9.17, 15) is 4.79 Å². The lowest BCUT2D eigenvalue weighted by molar-refractivity contribution is 0.553. The van der Waals surface area contributed by atoms with Crippen molar-refractivity contribution in [1.29, 1.82) is 0 Å². The molecule has 0 bridgehead atoms. The number of nitrogens with zero attached hydrogens (tertiary/aromatic N) is 3. The number of hydrogen-bond acceptors (Lipinski definition) is 4. The molecule has 74 valence electrons. The molecule has 0 fully saturated rings. The molecule has 6 nitrogen and oxygen atoms in total. The van der Waals surface area contributed by atoms with Crippen molar-refractivity contribution in [3.63, 3.8) is 0 Å². The quantitative estimate of drug-likeness (QED) is 0.630. The molecule has 0 aliphatic heterocycles. The van der Waals surface area contributed by atoms with Gasteiger partial charge in [0.15, 0.2) is 5.58 Å².